The van der Waals surface area contributed by atoms with Crippen molar-refractivity contribution in [2.45, 2.75) is 10.9 Å². The molecular formula is C20H15BrN2O3S. The van der Waals surface area contributed by atoms with Gasteiger partial charge >= 0.3 is 5.63 Å². The Labute approximate surface area is 168 Å². The van der Waals surface area contributed by atoms with Crippen molar-refractivity contribution in [1.82, 2.24) is 9.55 Å². The molecule has 0 aliphatic carbocycles. The Balaban J connectivity index is 1.65. The van der Waals surface area contributed by atoms with Crippen LogP contribution in [-0.4, -0.2) is 16.7 Å². The Morgan fingerprint density at radius 2 is 2.11 bits per heavy atom. The summed E-state index contributed by atoms with van der Waals surface area (Å²) in [4.78, 5) is 16.4. The Kier molecular flexibility index (Phi) is 5.05. The second kappa shape index (κ2) is 7.62. The van der Waals surface area contributed by atoms with Crippen LogP contribution in [0, 0.1) is 0 Å². The second-order valence-corrected chi connectivity index (χ2v) is 7.66. The minimum atomic E-state index is -0.354. The fourth-order valence-corrected chi connectivity index (χ4v) is 4.12. The van der Waals surface area contributed by atoms with Crippen LogP contribution in [0.3, 0.4) is 0 Å². The molecule has 27 heavy (non-hydrogen) atoms. The Morgan fingerprint density at radius 3 is 2.96 bits per heavy atom. The minimum absolute atomic E-state index is 0.354. The van der Waals surface area contributed by atoms with Crippen LogP contribution in [0.15, 0.2) is 79.8 Å². The zero-order valence-electron chi connectivity index (χ0n) is 14.4. The van der Waals surface area contributed by atoms with Crippen LogP contribution in [-0.2, 0) is 5.75 Å². The third-order valence-corrected chi connectivity index (χ3v) is 5.60. The van der Waals surface area contributed by atoms with Gasteiger partial charge in [0.2, 0.25) is 0 Å². The van der Waals surface area contributed by atoms with E-state index in [1.807, 2.05) is 53.2 Å². The van der Waals surface area contributed by atoms with Crippen molar-refractivity contribution in [2.75, 3.05) is 7.11 Å². The molecule has 2 aromatic carbocycles. The number of ether oxygens (including phenoxy) is 1. The van der Waals surface area contributed by atoms with Crippen molar-refractivity contribution >= 4 is 38.7 Å². The van der Waals surface area contributed by atoms with E-state index in [9.17, 15) is 4.79 Å². The van der Waals surface area contributed by atoms with E-state index in [2.05, 4.69) is 20.9 Å². The maximum atomic E-state index is 11.9. The number of thioether (sulfide) groups is 1. The average Bonchev–Trinajstić information content (AvgIpc) is 3.14. The molecule has 2 aromatic heterocycles. The van der Waals surface area contributed by atoms with Crippen molar-refractivity contribution in [1.29, 1.82) is 0 Å². The Hall–Kier alpha value is -2.51. The zero-order chi connectivity index (χ0) is 18.8. The SMILES string of the molecule is COc1cccc(-n2ccnc2SCc2cc(=O)oc3cc(Br)ccc23)c1. The predicted molar refractivity (Wildman–Crippen MR) is 110 cm³/mol. The molecular weight excluding hydrogens is 428 g/mol. The monoisotopic (exact) mass is 442 g/mol. The van der Waals surface area contributed by atoms with E-state index in [4.69, 9.17) is 9.15 Å². The van der Waals surface area contributed by atoms with E-state index in [0.29, 0.717) is 11.3 Å². The molecule has 0 bridgehead atoms. The van der Waals surface area contributed by atoms with Gasteiger partial charge in [0.05, 0.1) is 12.8 Å². The van der Waals surface area contributed by atoms with E-state index in [-0.39, 0.29) is 5.63 Å². The molecule has 0 atom stereocenters. The van der Waals surface area contributed by atoms with Crippen molar-refractivity contribution in [3.05, 3.63) is 81.4 Å². The van der Waals surface area contributed by atoms with Gasteiger partial charge in [0.15, 0.2) is 5.16 Å². The number of hydrogen-bond donors (Lipinski definition) is 0. The lowest BCUT2D eigenvalue weighted by Gasteiger charge is -2.10. The molecule has 0 fully saturated rings. The van der Waals surface area contributed by atoms with Crippen LogP contribution in [0.1, 0.15) is 5.56 Å². The number of halogens is 1. The first-order valence-electron chi connectivity index (χ1n) is 8.17. The normalized spacial score (nSPS) is 11.0. The van der Waals surface area contributed by atoms with E-state index in [1.54, 1.807) is 31.1 Å². The number of fused-ring (bicyclic) bond motifs is 1. The summed E-state index contributed by atoms with van der Waals surface area (Å²) in [6.07, 6.45) is 3.67. The molecule has 136 valence electrons. The molecule has 0 N–H and O–H groups in total. The van der Waals surface area contributed by atoms with Gasteiger partial charge in [0, 0.05) is 40.1 Å². The smallest absolute Gasteiger partial charge is 0.336 e. The fourth-order valence-electron chi connectivity index (χ4n) is 2.82. The lowest BCUT2D eigenvalue weighted by atomic mass is 10.1. The molecule has 4 rings (SSSR count). The molecule has 0 saturated heterocycles. The number of benzene rings is 2. The van der Waals surface area contributed by atoms with Crippen LogP contribution >= 0.6 is 27.7 Å². The third kappa shape index (κ3) is 3.79. The minimum Gasteiger partial charge on any atom is -0.497 e. The highest BCUT2D eigenvalue weighted by Crippen LogP contribution is 2.29. The topological polar surface area (TPSA) is 57.3 Å². The highest BCUT2D eigenvalue weighted by atomic mass is 79.9. The summed E-state index contributed by atoms with van der Waals surface area (Å²) in [5.74, 6) is 1.39. The van der Waals surface area contributed by atoms with Crippen LogP contribution in [0.4, 0.5) is 0 Å². The number of hydrogen-bond acceptors (Lipinski definition) is 5. The first-order chi connectivity index (χ1) is 13.1. The summed E-state index contributed by atoms with van der Waals surface area (Å²) >= 11 is 4.97. The highest BCUT2D eigenvalue weighted by molar-refractivity contribution is 9.10. The van der Waals surface area contributed by atoms with Gasteiger partial charge in [-0.05, 0) is 35.9 Å². The number of imidazole rings is 1. The maximum Gasteiger partial charge on any atom is 0.336 e. The lowest BCUT2D eigenvalue weighted by molar-refractivity contribution is 0.414. The van der Waals surface area contributed by atoms with Crippen molar-refractivity contribution in [3.8, 4) is 11.4 Å². The molecule has 0 aliphatic heterocycles. The van der Waals surface area contributed by atoms with Crippen LogP contribution in [0.5, 0.6) is 5.75 Å². The standard InChI is InChI=1S/C20H15BrN2O3S/c1-25-16-4-2-3-15(11-16)23-8-7-22-20(23)27-12-13-9-19(24)26-18-10-14(21)5-6-17(13)18/h2-11H,12H2,1H3. The summed E-state index contributed by atoms with van der Waals surface area (Å²) < 4.78 is 13.5. The molecule has 0 spiro atoms. The number of aromatic nitrogens is 2. The molecule has 5 nitrogen and oxygen atoms in total. The quantitative estimate of drug-likeness (QED) is 0.320. The molecule has 0 amide bonds. The molecule has 2 heterocycles. The number of methoxy groups -OCH3 is 1. The summed E-state index contributed by atoms with van der Waals surface area (Å²) in [7, 11) is 1.65. The summed E-state index contributed by atoms with van der Waals surface area (Å²) in [6.45, 7) is 0. The van der Waals surface area contributed by atoms with E-state index < -0.39 is 0 Å². The summed E-state index contributed by atoms with van der Waals surface area (Å²) in [5.41, 5.74) is 2.10. The van der Waals surface area contributed by atoms with Gasteiger partial charge in [-0.15, -0.1) is 0 Å². The molecule has 0 saturated carbocycles. The molecule has 7 heteroatoms. The molecule has 0 aliphatic rings. The van der Waals surface area contributed by atoms with Gasteiger partial charge in [-0.25, -0.2) is 9.78 Å². The first-order valence-corrected chi connectivity index (χ1v) is 9.95. The van der Waals surface area contributed by atoms with Gasteiger partial charge in [-0.1, -0.05) is 33.8 Å². The van der Waals surface area contributed by atoms with Crippen LogP contribution in [0.25, 0.3) is 16.7 Å². The summed E-state index contributed by atoms with van der Waals surface area (Å²) in [5, 5.41) is 1.76. The largest absolute Gasteiger partial charge is 0.497 e. The fraction of sp³-hybridized carbons (Fsp3) is 0.100. The van der Waals surface area contributed by atoms with E-state index in [0.717, 1.165) is 32.0 Å². The van der Waals surface area contributed by atoms with Gasteiger partial charge in [0.25, 0.3) is 0 Å². The molecule has 0 radical (unpaired) electrons. The first kappa shape index (κ1) is 17.9. The predicted octanol–water partition coefficient (Wildman–Crippen LogP) is 5.04. The molecule has 4 aromatic rings. The van der Waals surface area contributed by atoms with Gasteiger partial charge in [0.1, 0.15) is 11.3 Å². The Morgan fingerprint density at radius 1 is 1.22 bits per heavy atom. The van der Waals surface area contributed by atoms with Crippen molar-refractivity contribution in [3.63, 3.8) is 0 Å². The van der Waals surface area contributed by atoms with Gasteiger partial charge < -0.3 is 9.15 Å². The van der Waals surface area contributed by atoms with Gasteiger partial charge in [-0.3, -0.25) is 4.57 Å². The third-order valence-electron chi connectivity index (χ3n) is 4.09. The maximum absolute atomic E-state index is 11.9. The van der Waals surface area contributed by atoms with Crippen LogP contribution < -0.4 is 10.4 Å². The summed E-state index contributed by atoms with van der Waals surface area (Å²) in [6, 6.07) is 15.0. The lowest BCUT2D eigenvalue weighted by Crippen LogP contribution is -2.01. The second-order valence-electron chi connectivity index (χ2n) is 5.80. The van der Waals surface area contributed by atoms with E-state index in [1.165, 1.54) is 0 Å². The van der Waals surface area contributed by atoms with E-state index >= 15 is 0 Å². The number of nitrogens with zero attached hydrogens (tertiary/aromatic N) is 2. The highest BCUT2D eigenvalue weighted by Gasteiger charge is 2.11. The zero-order valence-corrected chi connectivity index (χ0v) is 16.8. The average molecular weight is 443 g/mol. The molecule has 0 unspecified atom stereocenters. The Bertz CT molecular complexity index is 1170. The van der Waals surface area contributed by atoms with Crippen molar-refractivity contribution in [2.24, 2.45) is 0 Å². The van der Waals surface area contributed by atoms with Crippen LogP contribution in [0.2, 0.25) is 0 Å². The number of rotatable bonds is 5. The van der Waals surface area contributed by atoms with Crippen molar-refractivity contribution < 1.29 is 9.15 Å². The van der Waals surface area contributed by atoms with Gasteiger partial charge in [-0.2, -0.15) is 0 Å².